The largest absolute Gasteiger partial charge is 0.309 e. The van der Waals surface area contributed by atoms with Crippen molar-refractivity contribution in [3.8, 4) is 6.07 Å². The zero-order valence-electron chi connectivity index (χ0n) is 14.1. The number of halogens is 1. The van der Waals surface area contributed by atoms with E-state index in [0.29, 0.717) is 22.2 Å². The van der Waals surface area contributed by atoms with Crippen molar-refractivity contribution in [2.24, 2.45) is 0 Å². The number of aromatic nitrogens is 1. The first-order valence-electron chi connectivity index (χ1n) is 7.95. The van der Waals surface area contributed by atoms with Crippen LogP contribution in [0.25, 0.3) is 0 Å². The van der Waals surface area contributed by atoms with Gasteiger partial charge in [0.25, 0.3) is 0 Å². The van der Waals surface area contributed by atoms with Crippen molar-refractivity contribution >= 4 is 22.7 Å². The summed E-state index contributed by atoms with van der Waals surface area (Å²) in [4.78, 5) is 4.45. The molecule has 0 aliphatic carbocycles. The van der Waals surface area contributed by atoms with Gasteiger partial charge in [0.2, 0.25) is 0 Å². The average molecular weight is 378 g/mol. The summed E-state index contributed by atoms with van der Waals surface area (Å²) in [6.07, 6.45) is 2.52. The summed E-state index contributed by atoms with van der Waals surface area (Å²) in [5, 5.41) is 12.8. The van der Waals surface area contributed by atoms with Gasteiger partial charge in [-0.05, 0) is 47.7 Å². The molecule has 0 aliphatic heterocycles. The number of nitrogens with zero attached hydrogens (tertiary/aromatic N) is 2. The highest BCUT2D eigenvalue weighted by molar-refractivity contribution is 7.79. The Bertz CT molecular complexity index is 790. The summed E-state index contributed by atoms with van der Waals surface area (Å²) in [5.74, 6) is 0.00106. The van der Waals surface area contributed by atoms with E-state index in [4.69, 9.17) is 16.9 Å². The Morgan fingerprint density at radius 1 is 1.40 bits per heavy atom. The molecule has 3 unspecified atom stereocenters. The van der Waals surface area contributed by atoms with Crippen LogP contribution in [0.4, 0.5) is 0 Å². The van der Waals surface area contributed by atoms with Crippen LogP contribution in [0, 0.1) is 11.3 Å². The predicted molar refractivity (Wildman–Crippen MR) is 98.8 cm³/mol. The lowest BCUT2D eigenvalue weighted by molar-refractivity contribution is 0.432. The van der Waals surface area contributed by atoms with Crippen molar-refractivity contribution in [2.45, 2.75) is 43.7 Å². The summed E-state index contributed by atoms with van der Waals surface area (Å²) >= 11 is 4.02. The average Bonchev–Trinajstić information content (AvgIpc) is 2.62. The van der Waals surface area contributed by atoms with Gasteiger partial charge in [-0.1, -0.05) is 31.5 Å². The first-order valence-corrected chi connectivity index (χ1v) is 9.43. The zero-order chi connectivity index (χ0) is 18.4. The smallest absolute Gasteiger partial charge is 0.186 e. The van der Waals surface area contributed by atoms with E-state index in [9.17, 15) is 8.76 Å². The molecule has 1 aromatic heterocycles. The maximum atomic E-state index is 11.6. The highest BCUT2D eigenvalue weighted by atomic mass is 35.5. The maximum Gasteiger partial charge on any atom is 0.186 e. The molecule has 0 radical (unpaired) electrons. The molecule has 1 aromatic carbocycles. The third-order valence-corrected chi connectivity index (χ3v) is 5.18. The molecule has 2 aromatic rings. The van der Waals surface area contributed by atoms with Crippen LogP contribution in [-0.4, -0.2) is 19.8 Å². The molecule has 0 saturated heterocycles. The van der Waals surface area contributed by atoms with Crippen molar-refractivity contribution in [3.05, 3.63) is 58.4 Å². The molecule has 5 nitrogen and oxygen atoms in total. The van der Waals surface area contributed by atoms with Gasteiger partial charge in [-0.25, -0.2) is 9.19 Å². The molecule has 7 heteroatoms. The molecule has 25 heavy (non-hydrogen) atoms. The van der Waals surface area contributed by atoms with E-state index in [0.717, 1.165) is 17.5 Å². The molecule has 0 bridgehead atoms. The highest BCUT2D eigenvalue weighted by Gasteiger charge is 2.22. The Labute approximate surface area is 155 Å². The number of rotatable bonds is 7. The molecule has 0 saturated carbocycles. The van der Waals surface area contributed by atoms with Crippen LogP contribution in [0.5, 0.6) is 0 Å². The van der Waals surface area contributed by atoms with Crippen molar-refractivity contribution in [1.82, 2.24) is 10.3 Å². The van der Waals surface area contributed by atoms with E-state index in [-0.39, 0.29) is 12.0 Å². The molecule has 0 amide bonds. The van der Waals surface area contributed by atoms with Crippen LogP contribution < -0.4 is 5.32 Å². The van der Waals surface area contributed by atoms with Gasteiger partial charge in [-0.3, -0.25) is 0 Å². The van der Waals surface area contributed by atoms with Gasteiger partial charge >= 0.3 is 0 Å². The number of pyridine rings is 1. The minimum Gasteiger partial charge on any atom is -0.309 e. The lowest BCUT2D eigenvalue weighted by Crippen LogP contribution is -2.33. The minimum atomic E-state index is -2.06. The summed E-state index contributed by atoms with van der Waals surface area (Å²) < 4.78 is 21.1. The second-order valence-electron chi connectivity index (χ2n) is 5.78. The fourth-order valence-electron chi connectivity index (χ4n) is 2.77. The molecule has 0 aliphatic rings. The minimum absolute atomic E-state index is 0.00106. The maximum absolute atomic E-state index is 11.6. The van der Waals surface area contributed by atoms with Gasteiger partial charge in [-0.2, -0.15) is 5.26 Å². The van der Waals surface area contributed by atoms with Gasteiger partial charge in [0.05, 0.1) is 4.90 Å². The number of hydrogen-bond acceptors (Lipinski definition) is 4. The molecule has 3 atom stereocenters. The van der Waals surface area contributed by atoms with Crippen molar-refractivity contribution in [2.75, 3.05) is 0 Å². The predicted octanol–water partition coefficient (Wildman–Crippen LogP) is 3.86. The van der Waals surface area contributed by atoms with Crippen LogP contribution in [0.2, 0.25) is 5.02 Å². The second-order valence-corrected chi connectivity index (χ2v) is 7.15. The van der Waals surface area contributed by atoms with E-state index < -0.39 is 11.1 Å². The van der Waals surface area contributed by atoms with E-state index in [1.807, 2.05) is 19.1 Å². The molecule has 0 spiro atoms. The molecule has 0 fully saturated rings. The SMILES string of the molecule is CCC(NCc1ccc(C#N)nc1)C(C)c1cc(Cl)ccc1S(=O)O. The molecule has 1 heterocycles. The Hall–Kier alpha value is -1.78. The fourth-order valence-corrected chi connectivity index (χ4v) is 3.58. The number of hydrogen-bond donors (Lipinski definition) is 2. The standard InChI is InChI=1S/C18H20ClN3O2S/c1-3-17(22-11-13-4-6-15(9-20)21-10-13)12(2)16-8-14(19)5-7-18(16)25(23)24/h4-8,10,12,17,22H,3,11H2,1-2H3,(H,23,24). The molecule has 2 rings (SSSR count). The van der Waals surface area contributed by atoms with Crippen molar-refractivity contribution < 1.29 is 8.76 Å². The number of nitrogens with one attached hydrogen (secondary N) is 1. The summed E-state index contributed by atoms with van der Waals surface area (Å²) in [5.41, 5.74) is 2.13. The Balaban J connectivity index is 2.15. The first kappa shape index (κ1) is 19.5. The highest BCUT2D eigenvalue weighted by Crippen LogP contribution is 2.29. The number of nitriles is 1. The van der Waals surface area contributed by atoms with Crippen LogP contribution in [-0.2, 0) is 17.6 Å². The van der Waals surface area contributed by atoms with Crippen molar-refractivity contribution in [3.63, 3.8) is 0 Å². The fraction of sp³-hybridized carbons (Fsp3) is 0.333. The monoisotopic (exact) mass is 377 g/mol. The Morgan fingerprint density at radius 2 is 2.16 bits per heavy atom. The number of benzene rings is 1. The quantitative estimate of drug-likeness (QED) is 0.715. The van der Waals surface area contributed by atoms with Gasteiger partial charge in [0.15, 0.2) is 11.1 Å². The Morgan fingerprint density at radius 3 is 2.72 bits per heavy atom. The third kappa shape index (κ3) is 5.10. The molecule has 132 valence electrons. The van der Waals surface area contributed by atoms with Crippen LogP contribution >= 0.6 is 11.6 Å². The van der Waals surface area contributed by atoms with E-state index in [1.165, 1.54) is 0 Å². The molecular formula is C18H20ClN3O2S. The normalized spacial score (nSPS) is 14.5. The van der Waals surface area contributed by atoms with Gasteiger partial charge < -0.3 is 9.87 Å². The first-order chi connectivity index (χ1) is 12.0. The summed E-state index contributed by atoms with van der Waals surface area (Å²) in [6.45, 7) is 4.67. The van der Waals surface area contributed by atoms with E-state index in [2.05, 4.69) is 17.2 Å². The van der Waals surface area contributed by atoms with Crippen LogP contribution in [0.1, 0.15) is 43.0 Å². The lowest BCUT2D eigenvalue weighted by Gasteiger charge is -2.26. The van der Waals surface area contributed by atoms with Gasteiger partial charge in [-0.15, -0.1) is 0 Å². The van der Waals surface area contributed by atoms with Crippen molar-refractivity contribution in [1.29, 1.82) is 5.26 Å². The Kier molecular flexibility index (Phi) is 7.09. The third-order valence-electron chi connectivity index (χ3n) is 4.20. The molecule has 2 N–H and O–H groups in total. The zero-order valence-corrected chi connectivity index (χ0v) is 15.6. The van der Waals surface area contributed by atoms with Gasteiger partial charge in [0, 0.05) is 23.8 Å². The lowest BCUT2D eigenvalue weighted by atomic mass is 9.91. The molecular weight excluding hydrogens is 358 g/mol. The summed E-state index contributed by atoms with van der Waals surface area (Å²) in [6, 6.07) is 10.6. The van der Waals surface area contributed by atoms with Crippen LogP contribution in [0.3, 0.4) is 0 Å². The van der Waals surface area contributed by atoms with E-state index in [1.54, 1.807) is 30.5 Å². The van der Waals surface area contributed by atoms with Gasteiger partial charge in [0.1, 0.15) is 11.8 Å². The second kappa shape index (κ2) is 9.07. The summed E-state index contributed by atoms with van der Waals surface area (Å²) in [7, 11) is 0. The topological polar surface area (TPSA) is 86.0 Å². The van der Waals surface area contributed by atoms with E-state index >= 15 is 0 Å². The van der Waals surface area contributed by atoms with Crippen LogP contribution in [0.15, 0.2) is 41.4 Å².